The highest BCUT2D eigenvalue weighted by Gasteiger charge is 2.18. The minimum atomic E-state index is -0.0503. The van der Waals surface area contributed by atoms with Crippen LogP contribution in [0.2, 0.25) is 0 Å². The second kappa shape index (κ2) is 8.38. The Morgan fingerprint density at radius 3 is 2.39 bits per heavy atom. The molecule has 0 unspecified atom stereocenters. The molecule has 2 aromatic carbocycles. The Labute approximate surface area is 184 Å². The summed E-state index contributed by atoms with van der Waals surface area (Å²) >= 11 is 0. The lowest BCUT2D eigenvalue weighted by molar-refractivity contribution is -0.115. The average molecular weight is 412 g/mol. The van der Waals surface area contributed by atoms with E-state index in [2.05, 4.69) is 63.3 Å². The van der Waals surface area contributed by atoms with Crippen LogP contribution < -0.4 is 5.32 Å². The lowest BCUT2D eigenvalue weighted by atomic mass is 10.0. The molecule has 4 aromatic rings. The summed E-state index contributed by atoms with van der Waals surface area (Å²) in [5, 5.41) is 3.04. The highest BCUT2D eigenvalue weighted by molar-refractivity contribution is 5.93. The molecular formula is C27H29N3O. The first-order valence-electron chi connectivity index (χ1n) is 10.8. The van der Waals surface area contributed by atoms with Crippen LogP contribution in [0.3, 0.4) is 0 Å². The summed E-state index contributed by atoms with van der Waals surface area (Å²) in [6.45, 7) is 10.6. The van der Waals surface area contributed by atoms with Gasteiger partial charge in [-0.1, -0.05) is 44.2 Å². The lowest BCUT2D eigenvalue weighted by Crippen LogP contribution is -2.16. The van der Waals surface area contributed by atoms with Gasteiger partial charge in [-0.25, -0.2) is 4.98 Å². The van der Waals surface area contributed by atoms with E-state index in [4.69, 9.17) is 4.98 Å². The Morgan fingerprint density at radius 1 is 0.968 bits per heavy atom. The van der Waals surface area contributed by atoms with E-state index < -0.39 is 0 Å². The van der Waals surface area contributed by atoms with Gasteiger partial charge in [-0.3, -0.25) is 4.79 Å². The maximum atomic E-state index is 13.0. The molecule has 0 radical (unpaired) electrons. The van der Waals surface area contributed by atoms with E-state index in [0.29, 0.717) is 5.92 Å². The van der Waals surface area contributed by atoms with Crippen LogP contribution in [0.1, 0.15) is 47.7 Å². The first-order valence-corrected chi connectivity index (χ1v) is 10.8. The first-order chi connectivity index (χ1) is 14.8. The van der Waals surface area contributed by atoms with Gasteiger partial charge in [-0.05, 0) is 73.2 Å². The molecular weight excluding hydrogens is 382 g/mol. The molecule has 4 nitrogen and oxygen atoms in total. The van der Waals surface area contributed by atoms with Crippen molar-refractivity contribution in [1.82, 2.24) is 9.38 Å². The molecule has 0 aliphatic heterocycles. The summed E-state index contributed by atoms with van der Waals surface area (Å²) in [6, 6.07) is 18.5. The van der Waals surface area contributed by atoms with Gasteiger partial charge in [-0.15, -0.1) is 0 Å². The molecule has 0 spiro atoms. The highest BCUT2D eigenvalue weighted by Crippen LogP contribution is 2.28. The Hall–Kier alpha value is -3.40. The Morgan fingerprint density at radius 2 is 1.71 bits per heavy atom. The summed E-state index contributed by atoms with van der Waals surface area (Å²) in [4.78, 5) is 17.9. The summed E-state index contributed by atoms with van der Waals surface area (Å²) < 4.78 is 2.04. The van der Waals surface area contributed by atoms with Crippen molar-refractivity contribution < 1.29 is 4.79 Å². The standard InChI is InChI=1S/C27H29N3O/c1-17(2)21-10-12-23(13-11-21)28-25(31)16-24-26(22-9-8-18(3)20(5)15-22)29-27-19(4)7-6-14-30(24)27/h6-15,17H,16H2,1-5H3,(H,28,31). The van der Waals surface area contributed by atoms with E-state index in [-0.39, 0.29) is 12.3 Å². The van der Waals surface area contributed by atoms with Crippen LogP contribution in [-0.4, -0.2) is 15.3 Å². The molecule has 1 amide bonds. The number of aryl methyl sites for hydroxylation is 3. The number of aromatic nitrogens is 2. The van der Waals surface area contributed by atoms with Crippen LogP contribution in [-0.2, 0) is 11.2 Å². The molecule has 0 bridgehead atoms. The number of anilines is 1. The molecule has 31 heavy (non-hydrogen) atoms. The van der Waals surface area contributed by atoms with Gasteiger partial charge in [0.2, 0.25) is 5.91 Å². The van der Waals surface area contributed by atoms with Gasteiger partial charge >= 0.3 is 0 Å². The van der Waals surface area contributed by atoms with E-state index in [1.807, 2.05) is 41.8 Å². The molecule has 0 saturated heterocycles. The van der Waals surface area contributed by atoms with Gasteiger partial charge in [0.05, 0.1) is 17.8 Å². The monoisotopic (exact) mass is 411 g/mol. The summed E-state index contributed by atoms with van der Waals surface area (Å²) in [5.41, 5.74) is 9.30. The number of hydrogen-bond donors (Lipinski definition) is 1. The molecule has 4 rings (SSSR count). The van der Waals surface area contributed by atoms with Crippen LogP contribution in [0.15, 0.2) is 60.8 Å². The van der Waals surface area contributed by atoms with Crippen LogP contribution in [0.4, 0.5) is 5.69 Å². The van der Waals surface area contributed by atoms with Gasteiger partial charge in [0.15, 0.2) is 0 Å². The minimum Gasteiger partial charge on any atom is -0.326 e. The van der Waals surface area contributed by atoms with Crippen LogP contribution in [0, 0.1) is 20.8 Å². The fourth-order valence-corrected chi connectivity index (χ4v) is 3.85. The zero-order valence-electron chi connectivity index (χ0n) is 18.9. The maximum Gasteiger partial charge on any atom is 0.230 e. The predicted octanol–water partition coefficient (Wildman–Crippen LogP) is 6.23. The normalized spacial score (nSPS) is 11.3. The van der Waals surface area contributed by atoms with Crippen molar-refractivity contribution in [2.45, 2.75) is 47.0 Å². The summed E-state index contributed by atoms with van der Waals surface area (Å²) in [7, 11) is 0. The number of carbonyl (C=O) groups is 1. The fourth-order valence-electron chi connectivity index (χ4n) is 3.85. The number of carbonyl (C=O) groups excluding carboxylic acids is 1. The fraction of sp³-hybridized carbons (Fsp3) is 0.259. The number of amides is 1. The number of imidazole rings is 1. The van der Waals surface area contributed by atoms with Crippen molar-refractivity contribution in [3.05, 3.63) is 88.7 Å². The largest absolute Gasteiger partial charge is 0.326 e. The topological polar surface area (TPSA) is 46.4 Å². The molecule has 0 aliphatic carbocycles. The van der Waals surface area contributed by atoms with Crippen molar-refractivity contribution in [2.24, 2.45) is 0 Å². The molecule has 158 valence electrons. The zero-order chi connectivity index (χ0) is 22.1. The molecule has 1 N–H and O–H groups in total. The molecule has 0 saturated carbocycles. The van der Waals surface area contributed by atoms with Gasteiger partial charge in [-0.2, -0.15) is 0 Å². The van der Waals surface area contributed by atoms with E-state index in [0.717, 1.165) is 33.8 Å². The van der Waals surface area contributed by atoms with Crippen LogP contribution in [0.5, 0.6) is 0 Å². The van der Waals surface area contributed by atoms with Crippen molar-refractivity contribution >= 4 is 17.2 Å². The van der Waals surface area contributed by atoms with E-state index in [1.165, 1.54) is 16.7 Å². The quantitative estimate of drug-likeness (QED) is 0.423. The van der Waals surface area contributed by atoms with Crippen LogP contribution in [0.25, 0.3) is 16.9 Å². The molecule has 4 heteroatoms. The molecule has 0 atom stereocenters. The Kier molecular flexibility index (Phi) is 5.64. The highest BCUT2D eigenvalue weighted by atomic mass is 16.1. The average Bonchev–Trinajstić information content (AvgIpc) is 3.10. The summed E-state index contributed by atoms with van der Waals surface area (Å²) in [5.74, 6) is 0.414. The lowest BCUT2D eigenvalue weighted by Gasteiger charge is -2.10. The van der Waals surface area contributed by atoms with Crippen molar-refractivity contribution in [2.75, 3.05) is 5.32 Å². The SMILES string of the molecule is Cc1ccc(-c2nc3c(C)cccn3c2CC(=O)Nc2ccc(C(C)C)cc2)cc1C. The second-order valence-corrected chi connectivity index (χ2v) is 8.59. The third-order valence-electron chi connectivity index (χ3n) is 5.91. The van der Waals surface area contributed by atoms with Crippen molar-refractivity contribution in [3.8, 4) is 11.3 Å². The minimum absolute atomic E-state index is 0.0503. The molecule has 0 fully saturated rings. The third kappa shape index (κ3) is 4.24. The van der Waals surface area contributed by atoms with Gasteiger partial charge in [0.25, 0.3) is 0 Å². The van der Waals surface area contributed by atoms with E-state index in [1.54, 1.807) is 0 Å². The van der Waals surface area contributed by atoms with Crippen molar-refractivity contribution in [1.29, 1.82) is 0 Å². The number of nitrogens with one attached hydrogen (secondary N) is 1. The number of pyridine rings is 1. The molecule has 0 aliphatic rings. The predicted molar refractivity (Wildman–Crippen MR) is 128 cm³/mol. The van der Waals surface area contributed by atoms with Crippen molar-refractivity contribution in [3.63, 3.8) is 0 Å². The van der Waals surface area contributed by atoms with Gasteiger partial charge in [0, 0.05) is 17.4 Å². The number of rotatable bonds is 5. The van der Waals surface area contributed by atoms with E-state index in [9.17, 15) is 4.79 Å². The van der Waals surface area contributed by atoms with Crippen LogP contribution >= 0.6 is 0 Å². The first kappa shape index (κ1) is 20.9. The Bertz CT molecular complexity index is 1250. The number of benzene rings is 2. The number of hydrogen-bond acceptors (Lipinski definition) is 2. The Balaban J connectivity index is 1.69. The number of nitrogens with zero attached hydrogens (tertiary/aromatic N) is 2. The maximum absolute atomic E-state index is 13.0. The number of fused-ring (bicyclic) bond motifs is 1. The van der Waals surface area contributed by atoms with E-state index >= 15 is 0 Å². The summed E-state index contributed by atoms with van der Waals surface area (Å²) in [6.07, 6.45) is 2.23. The molecule has 2 aromatic heterocycles. The third-order valence-corrected chi connectivity index (χ3v) is 5.91. The molecule has 2 heterocycles. The second-order valence-electron chi connectivity index (χ2n) is 8.59. The zero-order valence-corrected chi connectivity index (χ0v) is 18.9. The smallest absolute Gasteiger partial charge is 0.230 e. The van der Waals surface area contributed by atoms with Gasteiger partial charge < -0.3 is 9.72 Å². The van der Waals surface area contributed by atoms with Gasteiger partial charge in [0.1, 0.15) is 5.65 Å².